The summed E-state index contributed by atoms with van der Waals surface area (Å²) in [6, 6.07) is 6.81. The highest BCUT2D eigenvalue weighted by Crippen LogP contribution is 2.60. The molecule has 0 heterocycles. The van der Waals surface area contributed by atoms with Gasteiger partial charge in [-0.2, -0.15) is 0 Å². The van der Waals surface area contributed by atoms with Crippen LogP contribution in [0.1, 0.15) is 44.7 Å². The van der Waals surface area contributed by atoms with Gasteiger partial charge in [0.15, 0.2) is 5.40 Å². The monoisotopic (exact) mass is 388 g/mol. The van der Waals surface area contributed by atoms with Crippen molar-refractivity contribution in [3.63, 3.8) is 0 Å². The lowest BCUT2D eigenvalue weighted by atomic mass is 10.0. The minimum absolute atomic E-state index is 0.377. The van der Waals surface area contributed by atoms with Crippen LogP contribution in [0.15, 0.2) is 41.5 Å². The van der Waals surface area contributed by atoms with E-state index in [1.165, 1.54) is 11.1 Å². The Hall–Kier alpha value is -1.00. The number of hydrogen-bond acceptors (Lipinski definition) is 2. The van der Waals surface area contributed by atoms with Crippen molar-refractivity contribution in [3.05, 3.63) is 52.6 Å². The van der Waals surface area contributed by atoms with Crippen LogP contribution in [-0.2, 0) is 15.6 Å². The zero-order valence-corrected chi connectivity index (χ0v) is 16.5. The molecule has 6 nitrogen and oxygen atoms in total. The Labute approximate surface area is 148 Å². The normalized spacial score (nSPS) is 13.2. The maximum Gasteiger partial charge on any atom is 0.341 e. The van der Waals surface area contributed by atoms with Crippen molar-refractivity contribution in [3.8, 4) is 0 Å². The molecule has 4 N–H and O–H groups in total. The Bertz CT molecular complexity index is 698. The summed E-state index contributed by atoms with van der Waals surface area (Å²) < 4.78 is 22.7. The fourth-order valence-corrected chi connectivity index (χ4v) is 4.80. The van der Waals surface area contributed by atoms with Gasteiger partial charge in [-0.25, -0.2) is 0 Å². The van der Waals surface area contributed by atoms with Crippen molar-refractivity contribution in [2.45, 2.75) is 45.4 Å². The number of allylic oxidation sites excluding steroid dienone is 3. The van der Waals surface area contributed by atoms with Crippen LogP contribution in [0, 0.1) is 0 Å². The van der Waals surface area contributed by atoms with Gasteiger partial charge in [0.05, 0.1) is 0 Å². The van der Waals surface area contributed by atoms with E-state index in [4.69, 9.17) is 0 Å². The Morgan fingerprint density at radius 1 is 1.00 bits per heavy atom. The quantitative estimate of drug-likeness (QED) is 0.394. The molecule has 0 amide bonds. The van der Waals surface area contributed by atoms with Gasteiger partial charge in [0.2, 0.25) is 0 Å². The van der Waals surface area contributed by atoms with Crippen LogP contribution in [0.2, 0.25) is 0 Å². The van der Waals surface area contributed by atoms with Crippen LogP contribution < -0.4 is 0 Å². The molecule has 0 fully saturated rings. The van der Waals surface area contributed by atoms with Gasteiger partial charge in [0.1, 0.15) is 0 Å². The Morgan fingerprint density at radius 3 is 1.96 bits per heavy atom. The molecule has 1 rings (SSSR count). The zero-order chi connectivity index (χ0) is 19.3. The average molecular weight is 388 g/mol. The first kappa shape index (κ1) is 22.0. The van der Waals surface area contributed by atoms with Crippen molar-refractivity contribution < 1.29 is 28.7 Å². The fourth-order valence-electron chi connectivity index (χ4n) is 2.34. The van der Waals surface area contributed by atoms with Gasteiger partial charge in [-0.05, 0) is 51.2 Å². The smallest absolute Gasteiger partial charge is 0.324 e. The van der Waals surface area contributed by atoms with Crippen LogP contribution in [0.25, 0.3) is 6.08 Å². The third-order valence-electron chi connectivity index (χ3n) is 3.68. The largest absolute Gasteiger partial charge is 0.341 e. The summed E-state index contributed by atoms with van der Waals surface area (Å²) >= 11 is 0. The van der Waals surface area contributed by atoms with Crippen LogP contribution in [0.3, 0.4) is 0 Å². The van der Waals surface area contributed by atoms with Crippen LogP contribution in [0.5, 0.6) is 0 Å². The Kier molecular flexibility index (Phi) is 8.01. The molecule has 1 aromatic rings. The van der Waals surface area contributed by atoms with E-state index in [0.29, 0.717) is 5.56 Å². The summed E-state index contributed by atoms with van der Waals surface area (Å²) in [6.07, 6.45) is 5.72. The Morgan fingerprint density at radius 2 is 1.52 bits per heavy atom. The van der Waals surface area contributed by atoms with Crippen molar-refractivity contribution in [2.24, 2.45) is 0 Å². The predicted molar refractivity (Wildman–Crippen MR) is 100 cm³/mol. The molecule has 8 heteroatoms. The van der Waals surface area contributed by atoms with Gasteiger partial charge < -0.3 is 19.6 Å². The third kappa shape index (κ3) is 8.28. The van der Waals surface area contributed by atoms with E-state index in [9.17, 15) is 28.7 Å². The minimum atomic E-state index is -4.90. The standard InChI is InChI=1S/C17H26O6P2/c1-13(2)5-4-6-14(3)11-15-7-9-16(10-8-15)12-17(24(18,19)20)25(21,22)23/h5,7-11,17H,4,6,12H2,1-3H3,(H2,18,19,20)(H2,21,22,23)/b14-11+. The molecular formula is C17H26O6P2. The van der Waals surface area contributed by atoms with E-state index in [-0.39, 0.29) is 6.42 Å². The molecule has 0 radical (unpaired) electrons. The van der Waals surface area contributed by atoms with Crippen molar-refractivity contribution in [1.29, 1.82) is 0 Å². The minimum Gasteiger partial charge on any atom is -0.324 e. The van der Waals surface area contributed by atoms with E-state index in [2.05, 4.69) is 19.9 Å². The molecule has 0 aliphatic carbocycles. The molecule has 0 saturated heterocycles. The summed E-state index contributed by atoms with van der Waals surface area (Å²) in [5.41, 5.74) is 3.88. The van der Waals surface area contributed by atoms with Crippen molar-refractivity contribution in [2.75, 3.05) is 0 Å². The molecule has 0 bridgehead atoms. The molecular weight excluding hydrogens is 362 g/mol. The first-order valence-electron chi connectivity index (χ1n) is 7.89. The lowest BCUT2D eigenvalue weighted by molar-refractivity contribution is 0.338. The fraction of sp³-hybridized carbons (Fsp3) is 0.412. The second-order valence-electron chi connectivity index (χ2n) is 6.42. The molecule has 0 saturated carbocycles. The van der Waals surface area contributed by atoms with E-state index in [0.717, 1.165) is 18.4 Å². The second kappa shape index (κ2) is 9.09. The number of hydrogen-bond donors (Lipinski definition) is 4. The van der Waals surface area contributed by atoms with Gasteiger partial charge in [-0.1, -0.05) is 47.6 Å². The maximum absolute atomic E-state index is 11.3. The van der Waals surface area contributed by atoms with Crippen LogP contribution in [-0.4, -0.2) is 25.0 Å². The first-order valence-corrected chi connectivity index (χ1v) is 11.3. The molecule has 0 atom stereocenters. The molecule has 1 aromatic carbocycles. The molecule has 0 aromatic heterocycles. The van der Waals surface area contributed by atoms with E-state index in [1.54, 1.807) is 24.3 Å². The van der Waals surface area contributed by atoms with Crippen LogP contribution >= 0.6 is 15.2 Å². The van der Waals surface area contributed by atoms with E-state index >= 15 is 0 Å². The summed E-state index contributed by atoms with van der Waals surface area (Å²) in [6.45, 7) is 6.14. The lowest BCUT2D eigenvalue weighted by Crippen LogP contribution is -2.12. The molecule has 0 spiro atoms. The Balaban J connectivity index is 2.84. The number of rotatable bonds is 8. The summed E-state index contributed by atoms with van der Waals surface area (Å²) in [5, 5.41) is -2.01. The highest BCUT2D eigenvalue weighted by atomic mass is 31.2. The van der Waals surface area contributed by atoms with Gasteiger partial charge in [0.25, 0.3) is 0 Å². The van der Waals surface area contributed by atoms with E-state index < -0.39 is 20.6 Å². The van der Waals surface area contributed by atoms with Gasteiger partial charge in [-0.3, -0.25) is 9.13 Å². The van der Waals surface area contributed by atoms with Gasteiger partial charge in [-0.15, -0.1) is 0 Å². The lowest BCUT2D eigenvalue weighted by Gasteiger charge is -2.19. The van der Waals surface area contributed by atoms with Crippen molar-refractivity contribution in [1.82, 2.24) is 0 Å². The van der Waals surface area contributed by atoms with E-state index in [1.807, 2.05) is 13.0 Å². The average Bonchev–Trinajstić information content (AvgIpc) is 2.43. The highest BCUT2D eigenvalue weighted by molar-refractivity contribution is 7.70. The second-order valence-corrected chi connectivity index (χ2v) is 10.4. The number of benzene rings is 1. The predicted octanol–water partition coefficient (Wildman–Crippen LogP) is 4.06. The molecule has 25 heavy (non-hydrogen) atoms. The maximum atomic E-state index is 11.3. The summed E-state index contributed by atoms with van der Waals surface area (Å²) in [7, 11) is -9.80. The summed E-state index contributed by atoms with van der Waals surface area (Å²) in [5.74, 6) is 0. The summed E-state index contributed by atoms with van der Waals surface area (Å²) in [4.78, 5) is 36.7. The van der Waals surface area contributed by atoms with Gasteiger partial charge >= 0.3 is 15.2 Å². The first-order chi connectivity index (χ1) is 11.4. The third-order valence-corrected chi connectivity index (χ3v) is 7.40. The molecule has 140 valence electrons. The highest BCUT2D eigenvalue weighted by Gasteiger charge is 2.43. The molecule has 0 aliphatic heterocycles. The van der Waals surface area contributed by atoms with Crippen LogP contribution in [0.4, 0.5) is 0 Å². The molecule has 0 unspecified atom stereocenters. The molecule has 0 aliphatic rings. The zero-order valence-electron chi connectivity index (χ0n) is 14.7. The van der Waals surface area contributed by atoms with Crippen molar-refractivity contribution >= 4 is 21.3 Å². The SMILES string of the molecule is CC(C)=CCC/C(C)=C/c1ccc(CC(P(=O)(O)O)P(=O)(O)O)cc1. The van der Waals surface area contributed by atoms with Gasteiger partial charge in [0, 0.05) is 0 Å². The topological polar surface area (TPSA) is 115 Å².